The molecule has 0 saturated carbocycles. The molecule has 30 heavy (non-hydrogen) atoms. The van der Waals surface area contributed by atoms with Crippen LogP contribution in [-0.2, 0) is 11.2 Å². The van der Waals surface area contributed by atoms with Gasteiger partial charge in [-0.2, -0.15) is 0 Å². The van der Waals surface area contributed by atoms with Crippen molar-refractivity contribution in [2.45, 2.75) is 25.0 Å². The molecule has 0 fully saturated rings. The summed E-state index contributed by atoms with van der Waals surface area (Å²) in [6, 6.07) is 15.8. The predicted molar refractivity (Wildman–Crippen MR) is 122 cm³/mol. The van der Waals surface area contributed by atoms with Gasteiger partial charge in [-0.15, -0.1) is 0 Å². The number of halogens is 1. The van der Waals surface area contributed by atoms with E-state index in [1.807, 2.05) is 24.3 Å². The van der Waals surface area contributed by atoms with Gasteiger partial charge in [0.1, 0.15) is 0 Å². The molecule has 4 rings (SSSR count). The summed E-state index contributed by atoms with van der Waals surface area (Å²) in [6.07, 6.45) is 1.78. The molecule has 0 aliphatic carbocycles. The zero-order valence-electron chi connectivity index (χ0n) is 16.2. The van der Waals surface area contributed by atoms with E-state index in [4.69, 9.17) is 17.3 Å². The van der Waals surface area contributed by atoms with Crippen LogP contribution in [0.3, 0.4) is 0 Å². The Bertz CT molecular complexity index is 1220. The Labute approximate surface area is 183 Å². The topological polar surface area (TPSA) is 86.2 Å². The minimum Gasteiger partial charge on any atom is -0.393 e. The number of ketones is 1. The van der Waals surface area contributed by atoms with Gasteiger partial charge in [0.2, 0.25) is 0 Å². The average molecular weight is 439 g/mol. The third kappa shape index (κ3) is 3.46. The Morgan fingerprint density at radius 3 is 2.67 bits per heavy atom. The molecule has 2 N–H and O–H groups in total. The molecule has 0 bridgehead atoms. The Morgan fingerprint density at radius 2 is 1.93 bits per heavy atom. The fraction of sp³-hybridized carbons (Fsp3) is 0.174. The maximum atomic E-state index is 13.4. The van der Waals surface area contributed by atoms with Crippen LogP contribution in [0.15, 0.2) is 59.6 Å². The van der Waals surface area contributed by atoms with Gasteiger partial charge in [-0.3, -0.25) is 14.9 Å². The van der Waals surface area contributed by atoms with Crippen LogP contribution in [0.1, 0.15) is 35.3 Å². The molecular weight excluding hydrogens is 420 g/mol. The molecule has 0 spiro atoms. The van der Waals surface area contributed by atoms with Crippen LogP contribution in [0.25, 0.3) is 16.3 Å². The minimum atomic E-state index is -0.518. The van der Waals surface area contributed by atoms with Gasteiger partial charge >= 0.3 is 0 Å². The number of carbonyl (C=O) groups is 1. The van der Waals surface area contributed by atoms with E-state index >= 15 is 0 Å². The highest BCUT2D eigenvalue weighted by Crippen LogP contribution is 2.49. The van der Waals surface area contributed by atoms with Crippen LogP contribution in [0, 0.1) is 10.1 Å². The number of benzene rings is 3. The number of non-ortho nitro benzene ring substituents is 1. The number of thioether (sulfide) groups is 1. The highest BCUT2D eigenvalue weighted by molar-refractivity contribution is 8.04. The quantitative estimate of drug-likeness (QED) is 0.387. The summed E-state index contributed by atoms with van der Waals surface area (Å²) >= 11 is 7.92. The molecule has 1 aliphatic rings. The number of allylic oxidation sites excluding steroid dienone is 1. The van der Waals surface area contributed by atoms with E-state index in [1.54, 1.807) is 18.2 Å². The number of hydrogen-bond acceptors (Lipinski definition) is 5. The average Bonchev–Trinajstić information content (AvgIpc) is 3.02. The van der Waals surface area contributed by atoms with Gasteiger partial charge in [0, 0.05) is 17.7 Å². The SMILES string of the molecule is CCCc1cccc(C2=C(N)SC(c3cccc4cc([N+](=O)[O-])ccc34)C2=O)c1Cl. The molecule has 1 heterocycles. The zero-order chi connectivity index (χ0) is 21.4. The Morgan fingerprint density at radius 1 is 1.17 bits per heavy atom. The number of nitrogens with two attached hydrogens (primary N) is 1. The Hall–Kier alpha value is -2.83. The van der Waals surface area contributed by atoms with Crippen LogP contribution < -0.4 is 5.73 Å². The number of Topliss-reactive ketones (excluding diaryl/α,β-unsaturated/α-hetero) is 1. The molecule has 3 aromatic carbocycles. The summed E-state index contributed by atoms with van der Waals surface area (Å²) in [4.78, 5) is 24.1. The number of rotatable bonds is 5. The smallest absolute Gasteiger partial charge is 0.270 e. The first kappa shape index (κ1) is 20.4. The first-order valence-corrected chi connectivity index (χ1v) is 10.8. The molecule has 152 valence electrons. The van der Waals surface area contributed by atoms with E-state index in [-0.39, 0.29) is 11.5 Å². The normalized spacial score (nSPS) is 16.5. The van der Waals surface area contributed by atoms with Crippen molar-refractivity contribution in [2.24, 2.45) is 5.73 Å². The van der Waals surface area contributed by atoms with E-state index in [9.17, 15) is 14.9 Å². The fourth-order valence-corrected chi connectivity index (χ4v) is 5.29. The number of nitrogens with zero attached hydrogens (tertiary/aromatic N) is 1. The first-order chi connectivity index (χ1) is 14.4. The van der Waals surface area contributed by atoms with Crippen LogP contribution in [0.2, 0.25) is 5.02 Å². The highest BCUT2D eigenvalue weighted by atomic mass is 35.5. The Balaban J connectivity index is 1.76. The van der Waals surface area contributed by atoms with E-state index in [2.05, 4.69) is 6.92 Å². The minimum absolute atomic E-state index is 0.0166. The number of aryl methyl sites for hydroxylation is 1. The third-order valence-electron chi connectivity index (χ3n) is 5.23. The second-order valence-corrected chi connectivity index (χ2v) is 8.66. The van der Waals surface area contributed by atoms with Crippen molar-refractivity contribution >= 4 is 51.2 Å². The van der Waals surface area contributed by atoms with Crippen molar-refractivity contribution in [3.8, 4) is 0 Å². The molecule has 1 unspecified atom stereocenters. The van der Waals surface area contributed by atoms with Crippen molar-refractivity contribution in [1.29, 1.82) is 0 Å². The second-order valence-electron chi connectivity index (χ2n) is 7.14. The number of carbonyl (C=O) groups excluding carboxylic acids is 1. The predicted octanol–water partition coefficient (Wildman–Crippen LogP) is 6.04. The molecule has 1 atom stereocenters. The molecule has 0 aromatic heterocycles. The first-order valence-electron chi connectivity index (χ1n) is 9.57. The number of nitro benzene ring substituents is 1. The lowest BCUT2D eigenvalue weighted by Gasteiger charge is -2.13. The fourth-order valence-electron chi connectivity index (χ4n) is 3.84. The summed E-state index contributed by atoms with van der Waals surface area (Å²) in [5.74, 6) is -0.0982. The third-order valence-corrected chi connectivity index (χ3v) is 6.84. The molecule has 0 amide bonds. The standard InChI is InChI=1S/C23H19ClN2O3S/c1-2-5-13-6-3-9-18(20(13)24)19-21(27)22(30-23(19)25)17-8-4-7-14-12-15(26(28)29)10-11-16(14)17/h3-4,6-12,22H,2,5,25H2,1H3. The van der Waals surface area contributed by atoms with Gasteiger partial charge in [-0.25, -0.2) is 0 Å². The summed E-state index contributed by atoms with van der Waals surface area (Å²) in [6.45, 7) is 2.08. The Kier molecular flexibility index (Phi) is 5.54. The van der Waals surface area contributed by atoms with E-state index in [1.165, 1.54) is 23.9 Å². The van der Waals surface area contributed by atoms with Crippen molar-refractivity contribution < 1.29 is 9.72 Å². The van der Waals surface area contributed by atoms with E-state index < -0.39 is 10.2 Å². The van der Waals surface area contributed by atoms with Gasteiger partial charge in [0.15, 0.2) is 5.78 Å². The van der Waals surface area contributed by atoms with Crippen LogP contribution >= 0.6 is 23.4 Å². The highest BCUT2D eigenvalue weighted by Gasteiger charge is 2.36. The van der Waals surface area contributed by atoms with E-state index in [0.29, 0.717) is 26.6 Å². The molecule has 7 heteroatoms. The van der Waals surface area contributed by atoms with Gasteiger partial charge in [-0.05, 0) is 34.4 Å². The van der Waals surface area contributed by atoms with Crippen LogP contribution in [0.4, 0.5) is 5.69 Å². The van der Waals surface area contributed by atoms with Gasteiger partial charge in [0.05, 0.1) is 25.8 Å². The monoisotopic (exact) mass is 438 g/mol. The van der Waals surface area contributed by atoms with Crippen LogP contribution in [-0.4, -0.2) is 10.7 Å². The van der Waals surface area contributed by atoms with Crippen molar-refractivity contribution in [3.63, 3.8) is 0 Å². The van der Waals surface area contributed by atoms with Crippen molar-refractivity contribution in [1.82, 2.24) is 0 Å². The van der Waals surface area contributed by atoms with Gasteiger partial charge in [0.25, 0.3) is 5.69 Å². The maximum Gasteiger partial charge on any atom is 0.270 e. The van der Waals surface area contributed by atoms with Crippen LogP contribution in [0.5, 0.6) is 0 Å². The largest absolute Gasteiger partial charge is 0.393 e. The van der Waals surface area contributed by atoms with Gasteiger partial charge < -0.3 is 5.73 Å². The summed E-state index contributed by atoms with van der Waals surface area (Å²) < 4.78 is 0. The zero-order valence-corrected chi connectivity index (χ0v) is 17.8. The second kappa shape index (κ2) is 8.13. The molecule has 0 saturated heterocycles. The summed E-state index contributed by atoms with van der Waals surface area (Å²) in [5.41, 5.74) is 9.22. The van der Waals surface area contributed by atoms with E-state index in [0.717, 1.165) is 29.4 Å². The lowest BCUT2D eigenvalue weighted by atomic mass is 9.93. The van der Waals surface area contributed by atoms with Crippen molar-refractivity contribution in [3.05, 3.63) is 91.5 Å². The summed E-state index contributed by atoms with van der Waals surface area (Å²) in [5, 5.41) is 13.1. The molecule has 0 radical (unpaired) electrons. The number of fused-ring (bicyclic) bond motifs is 1. The number of nitro groups is 1. The number of hydrogen-bond donors (Lipinski definition) is 1. The lowest BCUT2D eigenvalue weighted by Crippen LogP contribution is -2.08. The van der Waals surface area contributed by atoms with Crippen molar-refractivity contribution in [2.75, 3.05) is 0 Å². The molecule has 5 nitrogen and oxygen atoms in total. The lowest BCUT2D eigenvalue weighted by molar-refractivity contribution is -0.384. The molecular formula is C23H19ClN2O3S. The molecule has 3 aromatic rings. The maximum absolute atomic E-state index is 13.4. The van der Waals surface area contributed by atoms with Gasteiger partial charge in [-0.1, -0.05) is 73.1 Å². The molecule has 1 aliphatic heterocycles. The summed E-state index contributed by atoms with van der Waals surface area (Å²) in [7, 11) is 0.